The molecule has 0 saturated heterocycles. The van der Waals surface area contributed by atoms with Crippen molar-refractivity contribution in [2.24, 2.45) is 10.7 Å². The minimum absolute atomic E-state index is 0.0260. The number of nitrogens with two attached hydrogens (primary N) is 1. The van der Waals surface area contributed by atoms with Crippen LogP contribution >= 0.6 is 0 Å². The summed E-state index contributed by atoms with van der Waals surface area (Å²) in [6, 6.07) is 7.96. The molecule has 4 nitrogen and oxygen atoms in total. The molecule has 0 spiro atoms. The summed E-state index contributed by atoms with van der Waals surface area (Å²) in [4.78, 5) is 4.03. The molecule has 1 rings (SSSR count). The van der Waals surface area contributed by atoms with Crippen molar-refractivity contribution in [3.63, 3.8) is 0 Å². The fourth-order valence-electron chi connectivity index (χ4n) is 1.16. The zero-order valence-electron chi connectivity index (χ0n) is 8.36. The number of nitrogens with zero attached hydrogens (tertiary/aromatic N) is 1. The summed E-state index contributed by atoms with van der Waals surface area (Å²) >= 11 is 0. The maximum absolute atomic E-state index is 8.47. The van der Waals surface area contributed by atoms with Crippen LogP contribution in [0.3, 0.4) is 0 Å². The van der Waals surface area contributed by atoms with Gasteiger partial charge in [-0.25, -0.2) is 10.5 Å². The number of hydrogen-bond donors (Lipinski definition) is 3. The van der Waals surface area contributed by atoms with Gasteiger partial charge in [-0.2, -0.15) is 0 Å². The molecule has 4 heteroatoms. The van der Waals surface area contributed by atoms with E-state index in [1.165, 1.54) is 5.56 Å². The van der Waals surface area contributed by atoms with Crippen LogP contribution in [0.25, 0.3) is 0 Å². The molecule has 0 aliphatic rings. The number of hydrogen-bond acceptors (Lipinski definition) is 2. The zero-order chi connectivity index (χ0) is 10.6. The summed E-state index contributed by atoms with van der Waals surface area (Å²) in [6.07, 6.45) is 0. The van der Waals surface area contributed by atoms with Gasteiger partial charge in [0.15, 0.2) is 0 Å². The Morgan fingerprint density at radius 2 is 2.00 bits per heavy atom. The molecule has 1 unspecified atom stereocenters. The first-order valence-corrected chi connectivity index (χ1v) is 4.43. The second-order valence-electron chi connectivity index (χ2n) is 3.21. The average molecular weight is 193 g/mol. The van der Waals surface area contributed by atoms with Crippen molar-refractivity contribution in [2.75, 3.05) is 0 Å². The molecule has 76 valence electrons. The Kier molecular flexibility index (Phi) is 3.48. The predicted octanol–water partition coefficient (Wildman–Crippen LogP) is 1.35. The summed E-state index contributed by atoms with van der Waals surface area (Å²) in [5.74, 6) is 0.0260. The van der Waals surface area contributed by atoms with Crippen LogP contribution in [-0.4, -0.2) is 11.2 Å². The van der Waals surface area contributed by atoms with E-state index in [0.717, 1.165) is 5.56 Å². The lowest BCUT2D eigenvalue weighted by molar-refractivity contribution is 0.232. The van der Waals surface area contributed by atoms with Crippen molar-refractivity contribution in [1.29, 1.82) is 0 Å². The standard InChI is InChI=1S/C10H15N3O/c1-7-3-5-9(6-4-7)8(2)12-10(11)13-14/h3-6,8,14H,1-2H3,(H3,11,12,13). The molecule has 0 bridgehead atoms. The van der Waals surface area contributed by atoms with Crippen molar-refractivity contribution in [3.05, 3.63) is 35.4 Å². The second-order valence-corrected chi connectivity index (χ2v) is 3.21. The maximum Gasteiger partial charge on any atom is 0.213 e. The van der Waals surface area contributed by atoms with E-state index in [0.29, 0.717) is 0 Å². The average Bonchev–Trinajstić information content (AvgIpc) is 2.18. The molecule has 1 aromatic carbocycles. The Morgan fingerprint density at radius 3 is 2.50 bits per heavy atom. The van der Waals surface area contributed by atoms with Crippen LogP contribution in [0.4, 0.5) is 0 Å². The maximum atomic E-state index is 8.47. The van der Waals surface area contributed by atoms with E-state index < -0.39 is 0 Å². The molecule has 1 atom stereocenters. The molecule has 0 aromatic heterocycles. The molecule has 14 heavy (non-hydrogen) atoms. The van der Waals surface area contributed by atoms with Gasteiger partial charge in [0, 0.05) is 0 Å². The van der Waals surface area contributed by atoms with Gasteiger partial charge in [-0.1, -0.05) is 29.8 Å². The molecule has 0 fully saturated rings. The van der Waals surface area contributed by atoms with Crippen molar-refractivity contribution in [1.82, 2.24) is 5.48 Å². The minimum atomic E-state index is -0.0600. The van der Waals surface area contributed by atoms with E-state index in [2.05, 4.69) is 4.99 Å². The van der Waals surface area contributed by atoms with Gasteiger partial charge in [0.1, 0.15) is 0 Å². The van der Waals surface area contributed by atoms with Gasteiger partial charge in [-0.15, -0.1) is 0 Å². The largest absolute Gasteiger partial charge is 0.368 e. The first-order valence-electron chi connectivity index (χ1n) is 4.43. The van der Waals surface area contributed by atoms with E-state index >= 15 is 0 Å². The quantitative estimate of drug-likeness (QED) is 0.377. The van der Waals surface area contributed by atoms with Gasteiger partial charge in [0.25, 0.3) is 0 Å². The molecule has 4 N–H and O–H groups in total. The summed E-state index contributed by atoms with van der Waals surface area (Å²) in [6.45, 7) is 3.94. The fraction of sp³-hybridized carbons (Fsp3) is 0.300. The van der Waals surface area contributed by atoms with E-state index in [4.69, 9.17) is 10.9 Å². The first kappa shape index (κ1) is 10.5. The lowest BCUT2D eigenvalue weighted by Crippen LogP contribution is -2.28. The third kappa shape index (κ3) is 2.74. The number of aliphatic imine (C=N–C) groups is 1. The smallest absolute Gasteiger partial charge is 0.213 e. The van der Waals surface area contributed by atoms with Crippen LogP contribution in [0.15, 0.2) is 29.3 Å². The number of nitrogens with one attached hydrogen (secondary N) is 1. The number of guanidine groups is 1. The molecular weight excluding hydrogens is 178 g/mol. The second kappa shape index (κ2) is 4.62. The van der Waals surface area contributed by atoms with Crippen LogP contribution in [0.5, 0.6) is 0 Å². The number of aryl methyl sites for hydroxylation is 1. The van der Waals surface area contributed by atoms with E-state index in [9.17, 15) is 0 Å². The SMILES string of the molecule is Cc1ccc(C(C)N=C(N)NO)cc1. The predicted molar refractivity (Wildman–Crippen MR) is 56.1 cm³/mol. The normalized spacial score (nSPS) is 13.8. The molecule has 0 amide bonds. The molecule has 0 saturated carbocycles. The van der Waals surface area contributed by atoms with Crippen molar-refractivity contribution in [2.45, 2.75) is 19.9 Å². The van der Waals surface area contributed by atoms with Gasteiger partial charge < -0.3 is 5.73 Å². The molecule has 0 aliphatic heterocycles. The lowest BCUT2D eigenvalue weighted by Gasteiger charge is -2.08. The third-order valence-corrected chi connectivity index (χ3v) is 2.01. The van der Waals surface area contributed by atoms with Crippen LogP contribution in [0.1, 0.15) is 24.1 Å². The fourth-order valence-corrected chi connectivity index (χ4v) is 1.16. The molecule has 0 heterocycles. The number of rotatable bonds is 2. The molecule has 0 aliphatic carbocycles. The van der Waals surface area contributed by atoms with Crippen LogP contribution in [0.2, 0.25) is 0 Å². The monoisotopic (exact) mass is 193 g/mol. The van der Waals surface area contributed by atoms with Gasteiger partial charge in [0.2, 0.25) is 5.96 Å². The summed E-state index contributed by atoms with van der Waals surface area (Å²) in [5.41, 5.74) is 9.41. The number of benzene rings is 1. The van der Waals surface area contributed by atoms with Crippen LogP contribution in [-0.2, 0) is 0 Å². The van der Waals surface area contributed by atoms with E-state index in [1.807, 2.05) is 38.1 Å². The Bertz CT molecular complexity index is 319. The zero-order valence-corrected chi connectivity index (χ0v) is 8.36. The minimum Gasteiger partial charge on any atom is -0.368 e. The lowest BCUT2D eigenvalue weighted by atomic mass is 10.1. The Hall–Kier alpha value is -1.55. The Balaban J connectivity index is 2.79. The first-order chi connectivity index (χ1) is 6.63. The topological polar surface area (TPSA) is 70.6 Å². The van der Waals surface area contributed by atoms with Crippen molar-refractivity contribution in [3.8, 4) is 0 Å². The van der Waals surface area contributed by atoms with E-state index in [1.54, 1.807) is 5.48 Å². The highest BCUT2D eigenvalue weighted by molar-refractivity contribution is 5.76. The Labute approximate surface area is 83.4 Å². The Morgan fingerprint density at radius 1 is 1.43 bits per heavy atom. The van der Waals surface area contributed by atoms with Crippen LogP contribution < -0.4 is 11.2 Å². The molecule has 0 radical (unpaired) electrons. The van der Waals surface area contributed by atoms with Gasteiger partial charge >= 0.3 is 0 Å². The van der Waals surface area contributed by atoms with Crippen molar-refractivity contribution < 1.29 is 5.21 Å². The highest BCUT2D eigenvalue weighted by Crippen LogP contribution is 2.16. The summed E-state index contributed by atoms with van der Waals surface area (Å²) < 4.78 is 0. The summed E-state index contributed by atoms with van der Waals surface area (Å²) in [5, 5.41) is 8.47. The van der Waals surface area contributed by atoms with Gasteiger partial charge in [-0.3, -0.25) is 5.21 Å². The molecular formula is C10H15N3O. The van der Waals surface area contributed by atoms with E-state index in [-0.39, 0.29) is 12.0 Å². The number of hydroxylamine groups is 1. The molecule has 1 aromatic rings. The highest BCUT2D eigenvalue weighted by Gasteiger charge is 2.02. The summed E-state index contributed by atoms with van der Waals surface area (Å²) in [7, 11) is 0. The highest BCUT2D eigenvalue weighted by atomic mass is 16.5. The van der Waals surface area contributed by atoms with Crippen LogP contribution in [0, 0.1) is 6.92 Å². The van der Waals surface area contributed by atoms with Gasteiger partial charge in [-0.05, 0) is 19.4 Å². The van der Waals surface area contributed by atoms with Crippen molar-refractivity contribution >= 4 is 5.96 Å². The van der Waals surface area contributed by atoms with Gasteiger partial charge in [0.05, 0.1) is 6.04 Å². The third-order valence-electron chi connectivity index (χ3n) is 2.01.